The highest BCUT2D eigenvalue weighted by Crippen LogP contribution is 2.29. The summed E-state index contributed by atoms with van der Waals surface area (Å²) in [5, 5.41) is 3.32. The maximum Gasteiger partial charge on any atom is 0.297 e. The summed E-state index contributed by atoms with van der Waals surface area (Å²) < 4.78 is 5.43. The molecule has 1 aromatic rings. The number of anilines is 1. The van der Waals surface area contributed by atoms with E-state index in [0.29, 0.717) is 12.1 Å². The van der Waals surface area contributed by atoms with Crippen LogP contribution in [0.15, 0.2) is 10.7 Å². The first kappa shape index (κ1) is 10.5. The minimum absolute atomic E-state index is 0.478. The molecule has 1 aromatic heterocycles. The maximum absolute atomic E-state index is 5.43. The third kappa shape index (κ3) is 2.72. The van der Waals surface area contributed by atoms with Gasteiger partial charge in [0, 0.05) is 25.7 Å². The van der Waals surface area contributed by atoms with Crippen molar-refractivity contribution in [3.8, 4) is 0 Å². The molecular formula is C11H19N3O. The molecule has 4 heteroatoms. The molecule has 0 amide bonds. The van der Waals surface area contributed by atoms with Gasteiger partial charge in [0.25, 0.3) is 6.01 Å². The Labute approximate surface area is 90.7 Å². The first-order valence-corrected chi connectivity index (χ1v) is 5.57. The van der Waals surface area contributed by atoms with Gasteiger partial charge in [-0.3, -0.25) is 0 Å². The smallest absolute Gasteiger partial charge is 0.297 e. The van der Waals surface area contributed by atoms with Crippen LogP contribution in [0.2, 0.25) is 0 Å². The van der Waals surface area contributed by atoms with Gasteiger partial charge in [0.05, 0.1) is 5.69 Å². The Bertz CT molecular complexity index is 317. The summed E-state index contributed by atoms with van der Waals surface area (Å²) in [4.78, 5) is 6.56. The average Bonchev–Trinajstić information content (AvgIpc) is 2.93. The number of oxazole rings is 1. The van der Waals surface area contributed by atoms with Gasteiger partial charge in [-0.2, -0.15) is 4.98 Å². The molecule has 1 fully saturated rings. The molecular weight excluding hydrogens is 190 g/mol. The Kier molecular flexibility index (Phi) is 2.95. The van der Waals surface area contributed by atoms with E-state index >= 15 is 0 Å². The van der Waals surface area contributed by atoms with E-state index in [0.717, 1.165) is 18.3 Å². The van der Waals surface area contributed by atoms with Gasteiger partial charge in [-0.1, -0.05) is 13.8 Å². The van der Waals surface area contributed by atoms with Gasteiger partial charge in [-0.25, -0.2) is 0 Å². The molecule has 1 N–H and O–H groups in total. The highest BCUT2D eigenvalue weighted by atomic mass is 16.4. The van der Waals surface area contributed by atoms with E-state index in [2.05, 4.69) is 29.0 Å². The molecule has 0 aliphatic heterocycles. The van der Waals surface area contributed by atoms with Gasteiger partial charge in [0.15, 0.2) is 0 Å². The summed E-state index contributed by atoms with van der Waals surface area (Å²) in [5.74, 6) is 0. The zero-order chi connectivity index (χ0) is 10.8. The minimum atomic E-state index is 0.478. The van der Waals surface area contributed by atoms with Crippen LogP contribution in [0.25, 0.3) is 0 Å². The molecule has 2 rings (SSSR count). The molecule has 0 saturated heterocycles. The van der Waals surface area contributed by atoms with Crippen molar-refractivity contribution in [2.45, 2.75) is 45.3 Å². The molecule has 0 bridgehead atoms. The third-order valence-electron chi connectivity index (χ3n) is 2.63. The molecule has 84 valence electrons. The summed E-state index contributed by atoms with van der Waals surface area (Å²) in [7, 11) is 2.04. The molecule has 15 heavy (non-hydrogen) atoms. The average molecular weight is 209 g/mol. The lowest BCUT2D eigenvalue weighted by Gasteiger charge is -2.11. The Morgan fingerprint density at radius 3 is 2.93 bits per heavy atom. The fraction of sp³-hybridized carbons (Fsp3) is 0.727. The molecule has 1 aliphatic rings. The summed E-state index contributed by atoms with van der Waals surface area (Å²) in [6.07, 6.45) is 4.26. The molecule has 0 aromatic carbocycles. The van der Waals surface area contributed by atoms with Crippen LogP contribution < -0.4 is 10.2 Å². The molecule has 4 nitrogen and oxygen atoms in total. The highest BCUT2D eigenvalue weighted by Gasteiger charge is 2.28. The fourth-order valence-corrected chi connectivity index (χ4v) is 1.47. The van der Waals surface area contributed by atoms with Crippen LogP contribution in [0.3, 0.4) is 0 Å². The van der Waals surface area contributed by atoms with Gasteiger partial charge in [-0.05, 0) is 12.8 Å². The predicted octanol–water partition coefficient (Wildman–Crippen LogP) is 1.77. The van der Waals surface area contributed by atoms with Gasteiger partial charge in [0.1, 0.15) is 6.26 Å². The van der Waals surface area contributed by atoms with Crippen molar-refractivity contribution in [3.05, 3.63) is 12.0 Å². The Balaban J connectivity index is 1.91. The molecule has 1 aliphatic carbocycles. The van der Waals surface area contributed by atoms with Crippen LogP contribution >= 0.6 is 0 Å². The van der Waals surface area contributed by atoms with Crippen LogP contribution in [-0.2, 0) is 6.54 Å². The van der Waals surface area contributed by atoms with Crippen molar-refractivity contribution in [1.29, 1.82) is 0 Å². The van der Waals surface area contributed by atoms with Crippen LogP contribution in [0, 0.1) is 0 Å². The lowest BCUT2D eigenvalue weighted by Crippen LogP contribution is -2.22. The number of aromatic nitrogens is 1. The first-order valence-electron chi connectivity index (χ1n) is 5.57. The van der Waals surface area contributed by atoms with Crippen molar-refractivity contribution in [2.24, 2.45) is 0 Å². The highest BCUT2D eigenvalue weighted by molar-refractivity contribution is 5.29. The summed E-state index contributed by atoms with van der Waals surface area (Å²) in [5.41, 5.74) is 0.978. The molecule has 0 atom stereocenters. The van der Waals surface area contributed by atoms with Crippen molar-refractivity contribution < 1.29 is 4.42 Å². The minimum Gasteiger partial charge on any atom is -0.432 e. The molecule has 0 spiro atoms. The lowest BCUT2D eigenvalue weighted by molar-refractivity contribution is 0.539. The topological polar surface area (TPSA) is 41.3 Å². The van der Waals surface area contributed by atoms with E-state index in [1.807, 2.05) is 7.05 Å². The van der Waals surface area contributed by atoms with Crippen molar-refractivity contribution in [2.75, 3.05) is 11.9 Å². The third-order valence-corrected chi connectivity index (χ3v) is 2.63. The van der Waals surface area contributed by atoms with Crippen LogP contribution in [0.1, 0.15) is 32.4 Å². The largest absolute Gasteiger partial charge is 0.432 e. The normalized spacial score (nSPS) is 16.0. The monoisotopic (exact) mass is 209 g/mol. The second kappa shape index (κ2) is 4.23. The second-order valence-corrected chi connectivity index (χ2v) is 4.50. The fourth-order valence-electron chi connectivity index (χ4n) is 1.47. The number of hydrogen-bond donors (Lipinski definition) is 1. The van der Waals surface area contributed by atoms with Crippen molar-refractivity contribution >= 4 is 6.01 Å². The van der Waals surface area contributed by atoms with E-state index in [4.69, 9.17) is 4.42 Å². The first-order chi connectivity index (χ1) is 7.16. The molecule has 1 heterocycles. The maximum atomic E-state index is 5.43. The Morgan fingerprint density at radius 1 is 1.60 bits per heavy atom. The molecule has 1 saturated carbocycles. The second-order valence-electron chi connectivity index (χ2n) is 4.50. The van der Waals surface area contributed by atoms with Crippen LogP contribution in [-0.4, -0.2) is 24.1 Å². The summed E-state index contributed by atoms with van der Waals surface area (Å²) in [6, 6.07) is 1.87. The van der Waals surface area contributed by atoms with E-state index < -0.39 is 0 Å². The van der Waals surface area contributed by atoms with E-state index in [1.54, 1.807) is 6.26 Å². The quantitative estimate of drug-likeness (QED) is 0.802. The molecule has 0 radical (unpaired) electrons. The van der Waals surface area contributed by atoms with Gasteiger partial charge < -0.3 is 14.6 Å². The number of rotatable bonds is 5. The van der Waals surface area contributed by atoms with Crippen molar-refractivity contribution in [3.63, 3.8) is 0 Å². The van der Waals surface area contributed by atoms with Gasteiger partial charge >= 0.3 is 0 Å². The Morgan fingerprint density at radius 2 is 2.33 bits per heavy atom. The van der Waals surface area contributed by atoms with Crippen molar-refractivity contribution in [1.82, 2.24) is 10.3 Å². The molecule has 0 unspecified atom stereocenters. The SMILES string of the molecule is CC(C)NCc1coc(N(C)C2CC2)n1. The number of nitrogens with one attached hydrogen (secondary N) is 1. The lowest BCUT2D eigenvalue weighted by atomic mass is 10.4. The van der Waals surface area contributed by atoms with E-state index in [9.17, 15) is 0 Å². The van der Waals surface area contributed by atoms with Gasteiger partial charge in [-0.15, -0.1) is 0 Å². The number of nitrogens with zero attached hydrogens (tertiary/aromatic N) is 2. The van der Waals surface area contributed by atoms with Crippen LogP contribution in [0.4, 0.5) is 6.01 Å². The van der Waals surface area contributed by atoms with E-state index in [1.165, 1.54) is 12.8 Å². The predicted molar refractivity (Wildman–Crippen MR) is 59.9 cm³/mol. The van der Waals surface area contributed by atoms with E-state index in [-0.39, 0.29) is 0 Å². The zero-order valence-electron chi connectivity index (χ0n) is 9.66. The summed E-state index contributed by atoms with van der Waals surface area (Å²) in [6.45, 7) is 5.02. The van der Waals surface area contributed by atoms with Crippen LogP contribution in [0.5, 0.6) is 0 Å². The number of hydrogen-bond acceptors (Lipinski definition) is 4. The summed E-state index contributed by atoms with van der Waals surface area (Å²) >= 11 is 0. The van der Waals surface area contributed by atoms with Gasteiger partial charge in [0.2, 0.25) is 0 Å². The zero-order valence-corrected chi connectivity index (χ0v) is 9.66. The standard InChI is InChI=1S/C11H19N3O/c1-8(2)12-6-9-7-15-11(13-9)14(3)10-4-5-10/h7-8,10,12H,4-6H2,1-3H3. The Hall–Kier alpha value is -1.03.